The minimum atomic E-state index is 0.220. The van der Waals surface area contributed by atoms with E-state index in [0.717, 1.165) is 19.1 Å². The van der Waals surface area contributed by atoms with Gasteiger partial charge in [0.15, 0.2) is 0 Å². The van der Waals surface area contributed by atoms with Gasteiger partial charge in [0.05, 0.1) is 11.2 Å². The van der Waals surface area contributed by atoms with Crippen LogP contribution >= 0.6 is 11.6 Å². The van der Waals surface area contributed by atoms with E-state index in [-0.39, 0.29) is 5.41 Å². The molecule has 1 aromatic rings. The van der Waals surface area contributed by atoms with Crippen LogP contribution in [0.3, 0.4) is 0 Å². The van der Waals surface area contributed by atoms with Gasteiger partial charge >= 0.3 is 0 Å². The Kier molecular flexibility index (Phi) is 3.03. The van der Waals surface area contributed by atoms with Gasteiger partial charge in [0.25, 0.3) is 0 Å². The SMILES string of the molecule is CC(C)(CNC1CC1)Cn1cc(Cl)cn1. The molecular formula is C11H18ClN3. The van der Waals surface area contributed by atoms with Crippen molar-refractivity contribution in [2.75, 3.05) is 6.54 Å². The normalized spacial score (nSPS) is 17.0. The molecule has 0 amide bonds. The van der Waals surface area contributed by atoms with Crippen molar-refractivity contribution in [3.63, 3.8) is 0 Å². The molecular weight excluding hydrogens is 210 g/mol. The largest absolute Gasteiger partial charge is 0.313 e. The van der Waals surface area contributed by atoms with Gasteiger partial charge in [-0.2, -0.15) is 5.10 Å². The Morgan fingerprint density at radius 2 is 2.33 bits per heavy atom. The lowest BCUT2D eigenvalue weighted by Gasteiger charge is -2.24. The van der Waals surface area contributed by atoms with Crippen molar-refractivity contribution in [2.24, 2.45) is 5.41 Å². The number of nitrogens with zero attached hydrogens (tertiary/aromatic N) is 2. The fourth-order valence-electron chi connectivity index (χ4n) is 1.63. The van der Waals surface area contributed by atoms with Crippen LogP contribution in [-0.2, 0) is 6.54 Å². The van der Waals surface area contributed by atoms with E-state index in [1.165, 1.54) is 12.8 Å². The van der Waals surface area contributed by atoms with Crippen LogP contribution in [0.25, 0.3) is 0 Å². The number of aromatic nitrogens is 2. The molecule has 0 radical (unpaired) electrons. The van der Waals surface area contributed by atoms with Gasteiger partial charge in [-0.15, -0.1) is 0 Å². The fraction of sp³-hybridized carbons (Fsp3) is 0.727. The third kappa shape index (κ3) is 3.50. The molecule has 1 fully saturated rings. The van der Waals surface area contributed by atoms with Crippen molar-refractivity contribution in [2.45, 2.75) is 39.3 Å². The highest BCUT2D eigenvalue weighted by Gasteiger charge is 2.25. The molecule has 0 spiro atoms. The molecule has 1 saturated carbocycles. The van der Waals surface area contributed by atoms with Crippen molar-refractivity contribution in [1.29, 1.82) is 0 Å². The van der Waals surface area contributed by atoms with Gasteiger partial charge in [-0.3, -0.25) is 4.68 Å². The molecule has 0 unspecified atom stereocenters. The predicted molar refractivity (Wildman–Crippen MR) is 62.0 cm³/mol. The van der Waals surface area contributed by atoms with Crippen LogP contribution in [0.1, 0.15) is 26.7 Å². The molecule has 4 heteroatoms. The molecule has 0 saturated heterocycles. The summed E-state index contributed by atoms with van der Waals surface area (Å²) in [5, 5.41) is 8.46. The zero-order chi connectivity index (χ0) is 10.9. The number of halogens is 1. The average molecular weight is 228 g/mol. The lowest BCUT2D eigenvalue weighted by Crippen LogP contribution is -2.34. The van der Waals surface area contributed by atoms with Gasteiger partial charge < -0.3 is 5.32 Å². The minimum absolute atomic E-state index is 0.220. The first-order valence-electron chi connectivity index (χ1n) is 5.46. The lowest BCUT2D eigenvalue weighted by molar-refractivity contribution is 0.275. The van der Waals surface area contributed by atoms with Crippen molar-refractivity contribution in [1.82, 2.24) is 15.1 Å². The van der Waals surface area contributed by atoms with E-state index in [4.69, 9.17) is 11.6 Å². The second kappa shape index (κ2) is 4.14. The molecule has 1 aliphatic rings. The van der Waals surface area contributed by atoms with E-state index in [1.54, 1.807) is 6.20 Å². The smallest absolute Gasteiger partial charge is 0.0785 e. The summed E-state index contributed by atoms with van der Waals surface area (Å²) < 4.78 is 1.91. The van der Waals surface area contributed by atoms with Gasteiger partial charge in [0, 0.05) is 25.3 Å². The summed E-state index contributed by atoms with van der Waals surface area (Å²) in [6, 6.07) is 0.769. The third-order valence-corrected chi connectivity index (χ3v) is 2.83. The van der Waals surface area contributed by atoms with Gasteiger partial charge in [-0.25, -0.2) is 0 Å². The standard InChI is InChI=1S/C11H18ClN3/c1-11(2,7-13-10-3-4-10)8-15-6-9(12)5-14-15/h5-6,10,13H,3-4,7-8H2,1-2H3. The summed E-state index contributed by atoms with van der Waals surface area (Å²) in [6.45, 7) is 6.44. The highest BCUT2D eigenvalue weighted by atomic mass is 35.5. The molecule has 15 heavy (non-hydrogen) atoms. The Bertz CT molecular complexity index is 328. The van der Waals surface area contributed by atoms with E-state index >= 15 is 0 Å². The van der Waals surface area contributed by atoms with Gasteiger partial charge in [-0.1, -0.05) is 25.4 Å². The quantitative estimate of drug-likeness (QED) is 0.837. The Morgan fingerprint density at radius 1 is 1.60 bits per heavy atom. The Labute approximate surface area is 95.8 Å². The van der Waals surface area contributed by atoms with Crippen LogP contribution in [0.15, 0.2) is 12.4 Å². The monoisotopic (exact) mass is 227 g/mol. The molecule has 0 aliphatic heterocycles. The zero-order valence-corrected chi connectivity index (χ0v) is 10.1. The van der Waals surface area contributed by atoms with Gasteiger partial charge in [-0.05, 0) is 18.3 Å². The van der Waals surface area contributed by atoms with Gasteiger partial charge in [0.2, 0.25) is 0 Å². The summed E-state index contributed by atoms with van der Waals surface area (Å²) in [5.74, 6) is 0. The Balaban J connectivity index is 1.84. The van der Waals surface area contributed by atoms with E-state index in [9.17, 15) is 0 Å². The number of hydrogen-bond acceptors (Lipinski definition) is 2. The number of rotatable bonds is 5. The molecule has 1 heterocycles. The van der Waals surface area contributed by atoms with Crippen LogP contribution in [0.2, 0.25) is 5.02 Å². The number of nitrogens with one attached hydrogen (secondary N) is 1. The summed E-state index contributed by atoms with van der Waals surface area (Å²) in [7, 11) is 0. The first kappa shape index (κ1) is 11.0. The van der Waals surface area contributed by atoms with Crippen molar-refractivity contribution < 1.29 is 0 Å². The first-order chi connectivity index (χ1) is 7.05. The molecule has 1 N–H and O–H groups in total. The second-order valence-electron chi connectivity index (χ2n) is 5.18. The number of hydrogen-bond donors (Lipinski definition) is 1. The summed E-state index contributed by atoms with van der Waals surface area (Å²) >= 11 is 5.83. The maximum Gasteiger partial charge on any atom is 0.0785 e. The molecule has 1 aliphatic carbocycles. The molecule has 1 aromatic heterocycles. The lowest BCUT2D eigenvalue weighted by atomic mass is 9.93. The topological polar surface area (TPSA) is 29.9 Å². The van der Waals surface area contributed by atoms with Crippen LogP contribution in [0, 0.1) is 5.41 Å². The first-order valence-corrected chi connectivity index (χ1v) is 5.84. The van der Waals surface area contributed by atoms with Crippen molar-refractivity contribution in [3.05, 3.63) is 17.4 Å². The fourth-order valence-corrected chi connectivity index (χ4v) is 1.78. The Morgan fingerprint density at radius 3 is 2.87 bits per heavy atom. The van der Waals surface area contributed by atoms with E-state index in [0.29, 0.717) is 5.02 Å². The maximum absolute atomic E-state index is 5.83. The average Bonchev–Trinajstić information content (AvgIpc) is 2.88. The van der Waals surface area contributed by atoms with Crippen LogP contribution in [0.5, 0.6) is 0 Å². The molecule has 0 aromatic carbocycles. The third-order valence-electron chi connectivity index (χ3n) is 2.64. The zero-order valence-electron chi connectivity index (χ0n) is 9.33. The molecule has 84 valence electrons. The molecule has 0 bridgehead atoms. The highest BCUT2D eigenvalue weighted by molar-refractivity contribution is 6.30. The molecule has 0 atom stereocenters. The van der Waals surface area contributed by atoms with Crippen molar-refractivity contribution in [3.8, 4) is 0 Å². The van der Waals surface area contributed by atoms with Gasteiger partial charge in [0.1, 0.15) is 0 Å². The summed E-state index contributed by atoms with van der Waals surface area (Å²) in [6.07, 6.45) is 6.24. The van der Waals surface area contributed by atoms with E-state index < -0.39 is 0 Å². The van der Waals surface area contributed by atoms with E-state index in [1.807, 2.05) is 10.9 Å². The van der Waals surface area contributed by atoms with Crippen molar-refractivity contribution >= 4 is 11.6 Å². The predicted octanol–water partition coefficient (Wildman–Crippen LogP) is 2.31. The molecule has 2 rings (SSSR count). The maximum atomic E-state index is 5.83. The van der Waals surface area contributed by atoms with E-state index in [2.05, 4.69) is 24.3 Å². The molecule has 3 nitrogen and oxygen atoms in total. The highest BCUT2D eigenvalue weighted by Crippen LogP contribution is 2.23. The van der Waals surface area contributed by atoms with Crippen LogP contribution in [0.4, 0.5) is 0 Å². The summed E-state index contributed by atoms with van der Waals surface area (Å²) in [4.78, 5) is 0. The summed E-state index contributed by atoms with van der Waals surface area (Å²) in [5.41, 5.74) is 0.220. The van der Waals surface area contributed by atoms with Crippen LogP contribution < -0.4 is 5.32 Å². The second-order valence-corrected chi connectivity index (χ2v) is 5.61. The van der Waals surface area contributed by atoms with Crippen LogP contribution in [-0.4, -0.2) is 22.4 Å². The Hall–Kier alpha value is -0.540. The minimum Gasteiger partial charge on any atom is -0.313 e.